The Balaban J connectivity index is 1.50. The molecule has 82 heavy (non-hydrogen) atoms. The van der Waals surface area contributed by atoms with Gasteiger partial charge in [-0.15, -0.1) is 0 Å². The molecule has 1 aliphatic heterocycles. The number of likely N-dealkylation sites (tertiary alicyclic amines) is 1. The van der Waals surface area contributed by atoms with Gasteiger partial charge >= 0.3 is 5.97 Å². The Bertz CT molecular complexity index is 2560. The van der Waals surface area contributed by atoms with Crippen molar-refractivity contribution < 1.29 is 53.4 Å². The highest BCUT2D eigenvalue weighted by molar-refractivity contribution is 8.13. The number of nitrogens with one attached hydrogen (secondary N) is 7. The van der Waals surface area contributed by atoms with E-state index in [1.54, 1.807) is 70.2 Å². The third-order valence-electron chi connectivity index (χ3n) is 14.0. The van der Waals surface area contributed by atoms with Crippen LogP contribution in [0.25, 0.3) is 0 Å². The molecule has 0 unspecified atom stereocenters. The molecule has 0 aliphatic carbocycles. The lowest BCUT2D eigenvalue weighted by Gasteiger charge is -2.31. The number of aromatic nitrogens is 2. The van der Waals surface area contributed by atoms with Gasteiger partial charge in [0.05, 0.1) is 6.33 Å². The van der Waals surface area contributed by atoms with E-state index in [1.807, 2.05) is 0 Å². The van der Waals surface area contributed by atoms with Gasteiger partial charge in [-0.2, -0.15) is 0 Å². The van der Waals surface area contributed by atoms with E-state index in [2.05, 4.69) is 53.8 Å². The van der Waals surface area contributed by atoms with Gasteiger partial charge in [0.15, 0.2) is 11.1 Å². The van der Waals surface area contributed by atoms with Crippen molar-refractivity contribution in [1.29, 1.82) is 0 Å². The molecule has 4 rings (SSSR count). The average molecular weight is 1160 g/mol. The highest BCUT2D eigenvalue weighted by atomic mass is 32.2. The van der Waals surface area contributed by atoms with Crippen LogP contribution < -0.4 is 43.4 Å². The van der Waals surface area contributed by atoms with E-state index in [4.69, 9.17) is 11.5 Å². The number of hydrogen-bond donors (Lipinski definition) is 11. The fraction of sp³-hybridized carbons (Fsp3) is 0.569. The number of carboxylic acid groups (broad SMARTS) is 1. The molecular weight excluding hydrogens is 1070 g/mol. The van der Waals surface area contributed by atoms with Crippen LogP contribution in [-0.2, 0) is 62.4 Å². The van der Waals surface area contributed by atoms with Crippen LogP contribution in [0.1, 0.15) is 135 Å². The number of H-pyrrole nitrogens is 1. The van der Waals surface area contributed by atoms with E-state index < -0.39 is 101 Å². The summed E-state index contributed by atoms with van der Waals surface area (Å²) < 4.78 is 0. The summed E-state index contributed by atoms with van der Waals surface area (Å²) >= 11 is 1.07. The average Bonchev–Trinajstić information content (AvgIpc) is 4.36. The highest BCUT2D eigenvalue weighted by Gasteiger charge is 2.41. The number of aromatic hydroxyl groups is 1. The number of carboxylic acids is 1. The summed E-state index contributed by atoms with van der Waals surface area (Å²) in [5.41, 5.74) is 12.7. The molecule has 0 saturated carbocycles. The van der Waals surface area contributed by atoms with Crippen LogP contribution in [0.15, 0.2) is 72.1 Å². The first kappa shape index (κ1) is 67.0. The molecular formula is C58H86N12O11S. The zero-order chi connectivity index (χ0) is 60.1. The Labute approximate surface area is 484 Å². The fourth-order valence-electron chi connectivity index (χ4n) is 9.41. The molecule has 0 spiro atoms. The molecule has 24 heteroatoms. The number of amides is 7. The minimum Gasteiger partial charge on any atom is -0.508 e. The first-order chi connectivity index (χ1) is 39.2. The summed E-state index contributed by atoms with van der Waals surface area (Å²) in [7, 11) is 0. The van der Waals surface area contributed by atoms with Gasteiger partial charge in [-0.3, -0.25) is 43.3 Å². The summed E-state index contributed by atoms with van der Waals surface area (Å²) in [6, 6.07) is 6.00. The van der Waals surface area contributed by atoms with Crippen molar-refractivity contribution in [2.24, 2.45) is 28.3 Å². The largest absolute Gasteiger partial charge is 0.508 e. The van der Waals surface area contributed by atoms with Crippen molar-refractivity contribution in [3.8, 4) is 5.75 Å². The number of phenols is 1. The van der Waals surface area contributed by atoms with Gasteiger partial charge in [-0.25, -0.2) is 9.78 Å². The lowest BCUT2D eigenvalue weighted by molar-refractivity contribution is -0.145. The highest BCUT2D eigenvalue weighted by Crippen LogP contribution is 2.22. The monoisotopic (exact) mass is 1160 g/mol. The third kappa shape index (κ3) is 23.5. The number of guanidine groups is 1. The van der Waals surface area contributed by atoms with Crippen molar-refractivity contribution >= 4 is 70.2 Å². The molecule has 7 amide bonds. The summed E-state index contributed by atoms with van der Waals surface area (Å²) in [6.45, 7) is 9.16. The summed E-state index contributed by atoms with van der Waals surface area (Å²) in [5.74, 6) is -7.21. The molecule has 3 aromatic rings. The van der Waals surface area contributed by atoms with Gasteiger partial charge in [0, 0.05) is 62.8 Å². The van der Waals surface area contributed by atoms with Crippen molar-refractivity contribution in [1.82, 2.24) is 46.8 Å². The van der Waals surface area contributed by atoms with Crippen LogP contribution in [0.5, 0.6) is 5.75 Å². The maximum Gasteiger partial charge on any atom is 0.326 e. The number of imidazole rings is 1. The van der Waals surface area contributed by atoms with E-state index in [1.165, 1.54) is 42.4 Å². The molecule has 23 nitrogen and oxygen atoms in total. The third-order valence-corrected chi connectivity index (χ3v) is 14.9. The van der Waals surface area contributed by atoms with Crippen molar-refractivity contribution in [3.63, 3.8) is 0 Å². The van der Waals surface area contributed by atoms with E-state index in [0.29, 0.717) is 29.7 Å². The molecule has 1 aliphatic rings. The number of aliphatic imine (C=N–C) groups is 1. The molecule has 450 valence electrons. The summed E-state index contributed by atoms with van der Waals surface area (Å²) in [6.07, 6.45) is 11.6. The number of hydrogen-bond acceptors (Lipinski definition) is 13. The Hall–Kier alpha value is -7.50. The maximum absolute atomic E-state index is 14.6. The zero-order valence-electron chi connectivity index (χ0n) is 48.0. The second-order valence-electron chi connectivity index (χ2n) is 21.4. The number of nitrogens with zero attached hydrogens (tertiary/aromatic N) is 3. The van der Waals surface area contributed by atoms with Gasteiger partial charge in [-0.05, 0) is 67.2 Å². The molecule has 2 heterocycles. The Kier molecular flexibility index (Phi) is 28.9. The van der Waals surface area contributed by atoms with Crippen molar-refractivity contribution in [2.75, 3.05) is 18.8 Å². The quantitative estimate of drug-likeness (QED) is 0.0226. The van der Waals surface area contributed by atoms with E-state index >= 15 is 0 Å². The number of unbranched alkanes of at least 4 members (excludes halogenated alkanes) is 6. The van der Waals surface area contributed by atoms with E-state index in [0.717, 1.165) is 43.9 Å². The molecule has 1 fully saturated rings. The van der Waals surface area contributed by atoms with Crippen LogP contribution in [0, 0.1) is 11.8 Å². The Morgan fingerprint density at radius 3 is 1.89 bits per heavy atom. The van der Waals surface area contributed by atoms with E-state index in [-0.39, 0.29) is 80.6 Å². The predicted octanol–water partition coefficient (Wildman–Crippen LogP) is 3.28. The number of rotatable bonds is 36. The van der Waals surface area contributed by atoms with Crippen LogP contribution in [0.4, 0.5) is 0 Å². The summed E-state index contributed by atoms with van der Waals surface area (Å²) in [5, 5.41) is 36.5. The lowest BCUT2D eigenvalue weighted by atomic mass is 9.98. The second-order valence-corrected chi connectivity index (χ2v) is 22.6. The smallest absolute Gasteiger partial charge is 0.326 e. The van der Waals surface area contributed by atoms with E-state index in [9.17, 15) is 53.4 Å². The number of benzene rings is 2. The normalized spacial score (nSPS) is 15.3. The first-order valence-electron chi connectivity index (χ1n) is 28.5. The lowest BCUT2D eigenvalue weighted by Crippen LogP contribution is -2.61. The number of aromatic amines is 1. The Morgan fingerprint density at radius 1 is 0.695 bits per heavy atom. The van der Waals surface area contributed by atoms with Gasteiger partial charge in [-0.1, -0.05) is 127 Å². The van der Waals surface area contributed by atoms with Gasteiger partial charge in [0.25, 0.3) is 0 Å². The van der Waals surface area contributed by atoms with Crippen LogP contribution in [-0.4, -0.2) is 145 Å². The number of carbonyl (C=O) groups excluding carboxylic acids is 8. The molecule has 0 bridgehead atoms. The minimum absolute atomic E-state index is 0.00781. The first-order valence-corrected chi connectivity index (χ1v) is 29.5. The molecule has 2 aromatic carbocycles. The summed E-state index contributed by atoms with van der Waals surface area (Å²) in [4.78, 5) is 136. The number of phenolic OH excluding ortho intramolecular Hbond substituents is 1. The standard InChI is InChI=1S/C58H86N12O11S/c1-6-7-8-9-10-11-15-22-48(73)82-30-27-47(72)64-42(20-16-28-62-58(59)60)51(74)68-49(36(2)3)54(77)65-43(31-39-23-25-41(71)26-24-39)52(75)69-50(37(4)5)55(78)66-44(33-40-34-61-35-63-40)56(79)70-29-17-21-46(70)53(76)67-45(57(80)81)32-38-18-13-12-14-19-38/h12-14,18-19,23-26,34-37,42-46,49-50,71H,6-11,15-17,20-22,27-33H2,1-5H3,(H,61,63)(H,64,72)(H,65,77)(H,66,78)(H,67,76)(H,68,74)(H,69,75)(H,80,81)(H4,59,60,62)/t42-,43-,44-,45-,46-,49-,50-/m0/s1. The zero-order valence-corrected chi connectivity index (χ0v) is 48.8. The van der Waals surface area contributed by atoms with Crippen molar-refractivity contribution in [3.05, 3.63) is 83.9 Å². The molecule has 0 radical (unpaired) electrons. The molecule has 1 saturated heterocycles. The number of aliphatic carboxylic acids is 1. The minimum atomic E-state index is -1.38. The number of thioether (sulfide) groups is 1. The SMILES string of the molecule is CCCCCCCCCC(=O)SCCC(=O)N[C@@H](CCCN=C(N)N)C(=O)N[C@H](C(=O)N[C@@H](Cc1ccc(O)cc1)C(=O)N[C@H](C(=O)N[C@@H](Cc1cnc[nH]1)C(=O)N1CCC[C@H]1C(=O)N[C@@H](Cc1ccccc1)C(=O)O)C(C)C)C(C)C. The van der Waals surface area contributed by atoms with Crippen LogP contribution in [0.2, 0.25) is 0 Å². The second kappa shape index (κ2) is 35.4. The number of nitrogens with two attached hydrogens (primary N) is 2. The van der Waals surface area contributed by atoms with Crippen molar-refractivity contribution in [2.45, 2.75) is 180 Å². The van der Waals surface area contributed by atoms with Gasteiger partial charge in [0.1, 0.15) is 48.0 Å². The maximum atomic E-state index is 14.6. The topological polar surface area (TPSA) is 363 Å². The fourth-order valence-corrected chi connectivity index (χ4v) is 10.2. The Morgan fingerprint density at radius 2 is 1.29 bits per heavy atom. The van der Waals surface area contributed by atoms with Gasteiger partial charge in [0.2, 0.25) is 41.4 Å². The number of carbonyl (C=O) groups is 9. The molecule has 7 atom stereocenters. The van der Waals surface area contributed by atoms with Crippen LogP contribution >= 0.6 is 11.8 Å². The molecule has 1 aromatic heterocycles. The predicted molar refractivity (Wildman–Crippen MR) is 312 cm³/mol. The van der Waals surface area contributed by atoms with Crippen LogP contribution in [0.3, 0.4) is 0 Å². The molecule has 13 N–H and O–H groups in total. The van der Waals surface area contributed by atoms with Gasteiger partial charge < -0.3 is 63.5 Å².